The molecule has 2 aromatic carbocycles. The Bertz CT molecular complexity index is 1750. The molecule has 0 radical (unpaired) electrons. The van der Waals surface area contributed by atoms with Crippen LogP contribution in [0.5, 0.6) is 5.75 Å². The van der Waals surface area contributed by atoms with E-state index in [4.69, 9.17) is 14.1 Å². The first kappa shape index (κ1) is 31.6. The van der Waals surface area contributed by atoms with Crippen LogP contribution in [-0.4, -0.2) is 40.6 Å². The molecule has 3 atom stereocenters. The highest BCUT2D eigenvalue weighted by atomic mass is 28.4. The third-order valence-corrected chi connectivity index (χ3v) is 14.3. The van der Waals surface area contributed by atoms with Gasteiger partial charge in [-0.25, -0.2) is 15.0 Å². The molecule has 6 nitrogen and oxygen atoms in total. The molecular formula is C33H37F5N4O2Si. The molecule has 1 aliphatic carbocycles. The molecule has 4 aromatic rings. The van der Waals surface area contributed by atoms with Crippen molar-refractivity contribution in [2.45, 2.75) is 102 Å². The van der Waals surface area contributed by atoms with Crippen LogP contribution in [0.1, 0.15) is 88.1 Å². The summed E-state index contributed by atoms with van der Waals surface area (Å²) in [5, 5.41) is 0.0168. The van der Waals surface area contributed by atoms with Crippen LogP contribution in [0.25, 0.3) is 22.2 Å². The van der Waals surface area contributed by atoms with Gasteiger partial charge in [-0.15, -0.1) is 0 Å². The maximum absolute atomic E-state index is 14.3. The summed E-state index contributed by atoms with van der Waals surface area (Å²) in [6.07, 6.45) is -0.981. The third-order valence-electron chi connectivity index (χ3n) is 9.68. The molecule has 0 spiro atoms. The fraction of sp³-hybridized carbons (Fsp3) is 0.485. The normalized spacial score (nSPS) is 20.3. The number of halogens is 5. The van der Waals surface area contributed by atoms with Crippen molar-refractivity contribution in [1.29, 1.82) is 0 Å². The van der Waals surface area contributed by atoms with E-state index in [1.807, 2.05) is 36.6 Å². The number of benzene rings is 2. The zero-order valence-corrected chi connectivity index (χ0v) is 27.3. The van der Waals surface area contributed by atoms with E-state index >= 15 is 0 Å². The molecule has 6 rings (SSSR count). The fourth-order valence-corrected chi connectivity index (χ4v) is 8.28. The maximum atomic E-state index is 14.3. The van der Waals surface area contributed by atoms with Crippen LogP contribution < -0.4 is 4.74 Å². The van der Waals surface area contributed by atoms with Gasteiger partial charge in [0.2, 0.25) is 0 Å². The summed E-state index contributed by atoms with van der Waals surface area (Å²) >= 11 is 0. The third kappa shape index (κ3) is 5.53. The summed E-state index contributed by atoms with van der Waals surface area (Å²) in [4.78, 5) is 14.1. The Morgan fingerprint density at radius 1 is 0.933 bits per heavy atom. The van der Waals surface area contributed by atoms with Crippen LogP contribution in [0.2, 0.25) is 18.1 Å². The van der Waals surface area contributed by atoms with Crippen molar-refractivity contribution in [1.82, 2.24) is 19.5 Å². The lowest BCUT2D eigenvalue weighted by molar-refractivity contribution is -0.152. The second kappa shape index (κ2) is 10.6. The molecule has 2 bridgehead atoms. The number of aromatic nitrogens is 4. The van der Waals surface area contributed by atoms with E-state index < -0.39 is 44.6 Å². The van der Waals surface area contributed by atoms with Crippen molar-refractivity contribution in [2.75, 3.05) is 0 Å². The average molecular weight is 645 g/mol. The number of rotatable bonds is 6. The van der Waals surface area contributed by atoms with Crippen LogP contribution in [0.4, 0.5) is 22.0 Å². The minimum atomic E-state index is -4.55. The highest BCUT2D eigenvalue weighted by Crippen LogP contribution is 2.56. The van der Waals surface area contributed by atoms with Gasteiger partial charge in [0.15, 0.2) is 14.1 Å². The number of hydrogen-bond donors (Lipinski definition) is 0. The largest absolute Gasteiger partial charge is 0.434 e. The topological polar surface area (TPSA) is 62.1 Å². The van der Waals surface area contributed by atoms with E-state index in [1.165, 1.54) is 18.2 Å². The van der Waals surface area contributed by atoms with Gasteiger partial charge in [-0.3, -0.25) is 0 Å². The van der Waals surface area contributed by atoms with Crippen LogP contribution in [0.15, 0.2) is 48.8 Å². The minimum absolute atomic E-state index is 0.0168. The number of hydrogen-bond acceptors (Lipinski definition) is 5. The van der Waals surface area contributed by atoms with Crippen LogP contribution in [-0.2, 0) is 10.0 Å². The lowest BCUT2D eigenvalue weighted by Crippen LogP contribution is -2.46. The van der Waals surface area contributed by atoms with E-state index in [0.717, 1.165) is 11.1 Å². The van der Waals surface area contributed by atoms with Gasteiger partial charge in [0.05, 0.1) is 23.0 Å². The first-order chi connectivity index (χ1) is 20.9. The lowest BCUT2D eigenvalue weighted by Gasteiger charge is -2.42. The second-order valence-electron chi connectivity index (χ2n) is 14.1. The summed E-state index contributed by atoms with van der Waals surface area (Å²) in [7, 11) is -2.10. The number of nitrogens with zero attached hydrogens (tertiary/aromatic N) is 4. The van der Waals surface area contributed by atoms with Crippen molar-refractivity contribution in [2.24, 2.45) is 0 Å². The summed E-state index contributed by atoms with van der Waals surface area (Å²) in [5.74, 6) is -1.46. The molecule has 0 N–H and O–H groups in total. The molecule has 3 heterocycles. The molecule has 12 heteroatoms. The predicted octanol–water partition coefficient (Wildman–Crippen LogP) is 9.48. The van der Waals surface area contributed by atoms with Gasteiger partial charge in [0.1, 0.15) is 17.2 Å². The second-order valence-corrected chi connectivity index (χ2v) is 18.9. The first-order valence-electron chi connectivity index (χ1n) is 15.1. The molecule has 1 aliphatic heterocycles. The zero-order chi connectivity index (χ0) is 32.7. The minimum Gasteiger partial charge on any atom is -0.434 e. The number of ether oxygens (including phenoxy) is 1. The van der Waals surface area contributed by atoms with Crippen molar-refractivity contribution < 1.29 is 31.1 Å². The predicted molar refractivity (Wildman–Crippen MR) is 164 cm³/mol. The molecule has 0 amide bonds. The lowest BCUT2D eigenvalue weighted by atomic mass is 9.87. The summed E-state index contributed by atoms with van der Waals surface area (Å²) in [6, 6.07) is 9.01. The highest BCUT2D eigenvalue weighted by molar-refractivity contribution is 6.74. The Kier molecular flexibility index (Phi) is 7.43. The number of imidazole rings is 1. The van der Waals surface area contributed by atoms with Crippen molar-refractivity contribution in [3.8, 4) is 16.9 Å². The molecule has 1 unspecified atom stereocenters. The molecule has 2 aromatic heterocycles. The number of fused-ring (bicyclic) bond motifs is 9. The Balaban J connectivity index is 1.40. The highest BCUT2D eigenvalue weighted by Gasteiger charge is 2.50. The van der Waals surface area contributed by atoms with E-state index in [0.29, 0.717) is 29.1 Å². The van der Waals surface area contributed by atoms with Gasteiger partial charge in [-0.1, -0.05) is 39.0 Å². The summed E-state index contributed by atoms with van der Waals surface area (Å²) < 4.78 is 83.3. The molecule has 0 saturated heterocycles. The quantitative estimate of drug-likeness (QED) is 0.155. The van der Waals surface area contributed by atoms with Gasteiger partial charge in [-0.2, -0.15) is 22.0 Å². The molecule has 0 saturated carbocycles. The maximum Gasteiger partial charge on any atom is 0.395 e. The van der Waals surface area contributed by atoms with E-state index in [1.54, 1.807) is 12.4 Å². The summed E-state index contributed by atoms with van der Waals surface area (Å²) in [5.41, 5.74) is 2.27. The number of alkyl halides is 5. The van der Waals surface area contributed by atoms with Crippen LogP contribution in [0, 0.1) is 0 Å². The SMILES string of the molecule is CC(C)(O[Si](C)(C)C(C)(C)C)c1ncc(-c2ccc3nc4n(c3c2)[C@@H]2C[C@H]4CC(C(F)(F)F)c3cccc(OC(F)F)c32)cn1. The smallest absolute Gasteiger partial charge is 0.395 e. The Morgan fingerprint density at radius 2 is 1.62 bits per heavy atom. The molecule has 2 aliphatic rings. The average Bonchev–Trinajstić information content (AvgIpc) is 3.39. The van der Waals surface area contributed by atoms with Gasteiger partial charge in [0, 0.05) is 29.4 Å². The van der Waals surface area contributed by atoms with Gasteiger partial charge in [0.25, 0.3) is 0 Å². The standard InChI is InChI=1S/C33H37F5N4O2Si/c1-31(2,3)45(6,7)44-32(4,5)29-39-16-20(17-40-29)18-11-12-23-24(14-18)42-25-15-19(28(42)41-23)13-22(33(36,37)38)21-9-8-10-26(27(21)25)43-30(34)35/h8-12,14,16-17,19,22,25,30H,13,15H2,1-7H3/t19-,22?,25-/m1/s1. The van der Waals surface area contributed by atoms with Gasteiger partial charge in [-0.05, 0) is 74.1 Å². The molecule has 0 fully saturated rings. The van der Waals surface area contributed by atoms with E-state index in [9.17, 15) is 22.0 Å². The molecule has 240 valence electrons. The van der Waals surface area contributed by atoms with Crippen molar-refractivity contribution in [3.63, 3.8) is 0 Å². The first-order valence-corrected chi connectivity index (χ1v) is 18.0. The zero-order valence-electron chi connectivity index (χ0n) is 26.3. The van der Waals surface area contributed by atoms with Gasteiger partial charge >= 0.3 is 12.8 Å². The van der Waals surface area contributed by atoms with Crippen molar-refractivity contribution in [3.05, 3.63) is 71.6 Å². The Hall–Kier alpha value is -3.38. The Labute approximate surface area is 260 Å². The molecular weight excluding hydrogens is 607 g/mol. The van der Waals surface area contributed by atoms with Crippen LogP contribution >= 0.6 is 0 Å². The Morgan fingerprint density at radius 3 is 2.24 bits per heavy atom. The monoisotopic (exact) mass is 644 g/mol. The fourth-order valence-electron chi connectivity index (χ4n) is 6.60. The van der Waals surface area contributed by atoms with Crippen molar-refractivity contribution >= 4 is 19.4 Å². The van der Waals surface area contributed by atoms with E-state index in [-0.39, 0.29) is 28.3 Å². The van der Waals surface area contributed by atoms with Gasteiger partial charge < -0.3 is 13.7 Å². The molecule has 45 heavy (non-hydrogen) atoms. The van der Waals surface area contributed by atoms with Crippen LogP contribution in [0.3, 0.4) is 0 Å². The van der Waals surface area contributed by atoms with E-state index in [2.05, 4.69) is 43.8 Å². The summed E-state index contributed by atoms with van der Waals surface area (Å²) in [6.45, 7) is 11.7.